The fraction of sp³-hybridized carbons (Fsp3) is 0.444. The molecule has 0 aliphatic heterocycles. The van der Waals surface area contributed by atoms with Gasteiger partial charge in [-0.1, -0.05) is 18.2 Å². The Balaban J connectivity index is 1.53. The van der Waals surface area contributed by atoms with E-state index in [-0.39, 0.29) is 18.2 Å². The number of rotatable bonds is 5. The number of amides is 2. The molecule has 1 aliphatic rings. The first-order valence-corrected chi connectivity index (χ1v) is 8.33. The van der Waals surface area contributed by atoms with E-state index in [1.54, 1.807) is 7.11 Å². The molecule has 24 heavy (non-hydrogen) atoms. The second kappa shape index (κ2) is 7.49. The summed E-state index contributed by atoms with van der Waals surface area (Å²) in [7, 11) is 1.72. The van der Waals surface area contributed by atoms with Crippen LogP contribution in [0.1, 0.15) is 30.5 Å². The molecule has 0 bridgehead atoms. The van der Waals surface area contributed by atoms with Crippen LogP contribution in [0.4, 0.5) is 4.79 Å². The van der Waals surface area contributed by atoms with E-state index in [0.29, 0.717) is 6.54 Å². The van der Waals surface area contributed by atoms with Crippen LogP contribution in [0.25, 0.3) is 5.69 Å². The van der Waals surface area contributed by atoms with Gasteiger partial charge in [-0.25, -0.2) is 9.48 Å². The number of aryl methyl sites for hydroxylation is 1. The minimum atomic E-state index is -0.136. The van der Waals surface area contributed by atoms with Crippen molar-refractivity contribution in [1.82, 2.24) is 20.4 Å². The van der Waals surface area contributed by atoms with Crippen molar-refractivity contribution < 1.29 is 9.53 Å². The smallest absolute Gasteiger partial charge is 0.315 e. The van der Waals surface area contributed by atoms with Crippen molar-refractivity contribution in [3.63, 3.8) is 0 Å². The van der Waals surface area contributed by atoms with Crippen LogP contribution in [0.15, 0.2) is 36.5 Å². The monoisotopic (exact) mass is 328 g/mol. The van der Waals surface area contributed by atoms with Crippen LogP contribution in [-0.2, 0) is 11.3 Å². The highest BCUT2D eigenvalue weighted by atomic mass is 16.5. The number of nitrogens with one attached hydrogen (secondary N) is 2. The van der Waals surface area contributed by atoms with Gasteiger partial charge in [0.2, 0.25) is 0 Å². The molecule has 2 amide bonds. The maximum atomic E-state index is 12.1. The van der Waals surface area contributed by atoms with E-state index in [4.69, 9.17) is 4.74 Å². The zero-order valence-electron chi connectivity index (χ0n) is 14.2. The summed E-state index contributed by atoms with van der Waals surface area (Å²) in [4.78, 5) is 12.1. The molecule has 6 heteroatoms. The molecule has 3 rings (SSSR count). The topological polar surface area (TPSA) is 68.2 Å². The van der Waals surface area contributed by atoms with Crippen LogP contribution < -0.4 is 10.6 Å². The van der Waals surface area contributed by atoms with Crippen LogP contribution in [0, 0.1) is 6.92 Å². The Bertz CT molecular complexity index is 684. The van der Waals surface area contributed by atoms with Gasteiger partial charge < -0.3 is 15.4 Å². The molecule has 2 atom stereocenters. The summed E-state index contributed by atoms with van der Waals surface area (Å²) in [6.07, 6.45) is 5.08. The average Bonchev–Trinajstić information content (AvgIpc) is 3.20. The summed E-state index contributed by atoms with van der Waals surface area (Å²) >= 11 is 0. The second-order valence-corrected chi connectivity index (χ2v) is 6.21. The molecule has 0 spiro atoms. The van der Waals surface area contributed by atoms with Crippen LogP contribution in [0.2, 0.25) is 0 Å². The molecule has 1 aliphatic carbocycles. The van der Waals surface area contributed by atoms with Crippen LogP contribution >= 0.6 is 0 Å². The molecule has 2 aromatic rings. The molecule has 1 aromatic carbocycles. The summed E-state index contributed by atoms with van der Waals surface area (Å²) in [5.74, 6) is 0. The fourth-order valence-electron chi connectivity index (χ4n) is 3.08. The molecular weight excluding hydrogens is 304 g/mol. The lowest BCUT2D eigenvalue weighted by Gasteiger charge is -2.13. The lowest BCUT2D eigenvalue weighted by molar-refractivity contribution is 0.107. The summed E-state index contributed by atoms with van der Waals surface area (Å²) in [5.41, 5.74) is 2.93. The summed E-state index contributed by atoms with van der Waals surface area (Å²) in [6, 6.07) is 10.0. The van der Waals surface area contributed by atoms with Crippen molar-refractivity contribution >= 4 is 6.03 Å². The number of aromatic nitrogens is 2. The first-order chi connectivity index (χ1) is 11.7. The second-order valence-electron chi connectivity index (χ2n) is 6.21. The Hall–Kier alpha value is -2.34. The van der Waals surface area contributed by atoms with Crippen LogP contribution in [-0.4, -0.2) is 35.1 Å². The van der Waals surface area contributed by atoms with Crippen LogP contribution in [0.5, 0.6) is 0 Å². The fourth-order valence-corrected chi connectivity index (χ4v) is 3.08. The molecule has 2 N–H and O–H groups in total. The number of nitrogens with zero attached hydrogens (tertiary/aromatic N) is 2. The quantitative estimate of drug-likeness (QED) is 0.886. The normalized spacial score (nSPS) is 20.1. The van der Waals surface area contributed by atoms with E-state index in [9.17, 15) is 4.79 Å². The van der Waals surface area contributed by atoms with Gasteiger partial charge in [0.05, 0.1) is 17.5 Å². The largest absolute Gasteiger partial charge is 0.381 e. The zero-order valence-corrected chi connectivity index (χ0v) is 14.2. The van der Waals surface area contributed by atoms with E-state index in [1.807, 2.05) is 48.1 Å². The number of hydrogen-bond acceptors (Lipinski definition) is 3. The standard InChI is InChI=1S/C18H24N4O2/c1-13-14(12-22(21-13)16-6-4-3-5-7-16)11-19-18(23)20-15-8-9-17(10-15)24-2/h3-7,12,15,17H,8-11H2,1-2H3,(H2,19,20,23)/t15-,17-/m0/s1. The average molecular weight is 328 g/mol. The molecule has 1 fully saturated rings. The highest BCUT2D eigenvalue weighted by molar-refractivity contribution is 5.74. The van der Waals surface area contributed by atoms with Gasteiger partial charge in [0, 0.05) is 31.5 Å². The third-order valence-electron chi connectivity index (χ3n) is 4.51. The number of para-hydroxylation sites is 1. The molecule has 6 nitrogen and oxygen atoms in total. The maximum absolute atomic E-state index is 12.1. The maximum Gasteiger partial charge on any atom is 0.315 e. The third kappa shape index (κ3) is 3.94. The van der Waals surface area contributed by atoms with Gasteiger partial charge in [-0.3, -0.25) is 0 Å². The summed E-state index contributed by atoms with van der Waals surface area (Å²) < 4.78 is 7.17. The van der Waals surface area contributed by atoms with Gasteiger partial charge in [0.25, 0.3) is 0 Å². The van der Waals surface area contributed by atoms with Gasteiger partial charge in [0.15, 0.2) is 0 Å². The highest BCUT2D eigenvalue weighted by Crippen LogP contribution is 2.21. The number of methoxy groups -OCH3 is 1. The zero-order chi connectivity index (χ0) is 16.9. The SMILES string of the molecule is CO[C@H]1CC[C@H](NC(=O)NCc2cn(-c3ccccc3)nc2C)C1. The summed E-state index contributed by atoms with van der Waals surface area (Å²) in [6.45, 7) is 2.42. The van der Waals surface area contributed by atoms with Crippen molar-refractivity contribution in [2.45, 2.75) is 44.9 Å². The molecule has 0 radical (unpaired) electrons. The first kappa shape index (κ1) is 16.5. The van der Waals surface area contributed by atoms with Gasteiger partial charge >= 0.3 is 6.03 Å². The van der Waals surface area contributed by atoms with Gasteiger partial charge in [-0.2, -0.15) is 5.10 Å². The van der Waals surface area contributed by atoms with Crippen molar-refractivity contribution in [3.05, 3.63) is 47.8 Å². The minimum Gasteiger partial charge on any atom is -0.381 e. The lowest BCUT2D eigenvalue weighted by atomic mass is 10.2. The van der Waals surface area contributed by atoms with E-state index in [1.165, 1.54) is 0 Å². The minimum absolute atomic E-state index is 0.136. The summed E-state index contributed by atoms with van der Waals surface area (Å²) in [5, 5.41) is 10.4. The number of carbonyl (C=O) groups is 1. The Kier molecular flexibility index (Phi) is 5.15. The number of carbonyl (C=O) groups excluding carboxylic acids is 1. The van der Waals surface area contributed by atoms with Crippen molar-refractivity contribution in [3.8, 4) is 5.69 Å². The number of benzene rings is 1. The predicted octanol–water partition coefficient (Wildman–Crippen LogP) is 2.55. The van der Waals surface area contributed by atoms with E-state index < -0.39 is 0 Å². The molecule has 1 heterocycles. The Morgan fingerprint density at radius 3 is 2.83 bits per heavy atom. The van der Waals surface area contributed by atoms with Crippen LogP contribution in [0.3, 0.4) is 0 Å². The molecule has 0 unspecified atom stereocenters. The Labute approximate surface area is 142 Å². The predicted molar refractivity (Wildman–Crippen MR) is 92.1 cm³/mol. The number of urea groups is 1. The van der Waals surface area contributed by atoms with E-state index >= 15 is 0 Å². The number of hydrogen-bond donors (Lipinski definition) is 2. The molecule has 0 saturated heterocycles. The molecule has 1 saturated carbocycles. The van der Waals surface area contributed by atoms with E-state index in [2.05, 4.69) is 15.7 Å². The third-order valence-corrected chi connectivity index (χ3v) is 4.51. The van der Waals surface area contributed by atoms with Crippen molar-refractivity contribution in [1.29, 1.82) is 0 Å². The number of ether oxygens (including phenoxy) is 1. The van der Waals surface area contributed by atoms with Crippen molar-refractivity contribution in [2.24, 2.45) is 0 Å². The molecule has 128 valence electrons. The lowest BCUT2D eigenvalue weighted by Crippen LogP contribution is -2.40. The van der Waals surface area contributed by atoms with E-state index in [0.717, 1.165) is 36.2 Å². The van der Waals surface area contributed by atoms with Gasteiger partial charge in [-0.05, 0) is 38.3 Å². The Morgan fingerprint density at radius 1 is 1.33 bits per heavy atom. The highest BCUT2D eigenvalue weighted by Gasteiger charge is 2.25. The molecular formula is C18H24N4O2. The van der Waals surface area contributed by atoms with Gasteiger partial charge in [0.1, 0.15) is 0 Å². The van der Waals surface area contributed by atoms with Gasteiger partial charge in [-0.15, -0.1) is 0 Å². The molecule has 1 aromatic heterocycles. The first-order valence-electron chi connectivity index (χ1n) is 8.33. The Morgan fingerprint density at radius 2 is 2.12 bits per heavy atom. The van der Waals surface area contributed by atoms with Crippen molar-refractivity contribution in [2.75, 3.05) is 7.11 Å².